The fraction of sp³-hybridized carbons (Fsp3) is 0. The molecule has 70 heavy (non-hydrogen) atoms. The Bertz CT molecular complexity index is 3180. The van der Waals surface area contributed by atoms with E-state index in [4.69, 9.17) is 0 Å². The summed E-state index contributed by atoms with van der Waals surface area (Å²) in [6, 6.07) is 61.8. The molecule has 14 heteroatoms. The van der Waals surface area contributed by atoms with E-state index < -0.39 is 11.8 Å². The average molecular weight is 1260 g/mol. The van der Waals surface area contributed by atoms with Crippen molar-refractivity contribution in [3.63, 3.8) is 0 Å². The summed E-state index contributed by atoms with van der Waals surface area (Å²) in [5.41, 5.74) is 6.45. The Labute approximate surface area is 430 Å². The van der Waals surface area contributed by atoms with Crippen LogP contribution in [-0.4, -0.2) is 47.6 Å². The number of anilines is 4. The van der Waals surface area contributed by atoms with Gasteiger partial charge in [0, 0.05) is 5.56 Å². The average Bonchev–Trinajstić information content (AvgIpc) is 3.91. The van der Waals surface area contributed by atoms with Crippen LogP contribution in [0.4, 0.5) is 22.7 Å². The van der Waals surface area contributed by atoms with Crippen molar-refractivity contribution >= 4 is 70.4 Å². The van der Waals surface area contributed by atoms with Crippen molar-refractivity contribution in [2.24, 2.45) is 0 Å². The van der Waals surface area contributed by atoms with E-state index in [1.165, 1.54) is 4.90 Å². The fourth-order valence-electron chi connectivity index (χ4n) is 7.79. The summed E-state index contributed by atoms with van der Waals surface area (Å²) >= 11 is 0. The van der Waals surface area contributed by atoms with E-state index in [0.717, 1.165) is 9.80 Å². The van der Waals surface area contributed by atoms with Crippen molar-refractivity contribution in [2.75, 3.05) is 20.0 Å². The quantitative estimate of drug-likeness (QED) is 0.0940. The molecule has 3 heterocycles. The van der Waals surface area contributed by atoms with E-state index >= 15 is 0 Å². The SMILES string of the molecule is O=C1c2ccc(-c3ccc4c(c3)C(=O)N(c3cc[c-]cc3)C4=O)cc2C(=O)N1c1cc[c-]cc1.O=C1c2ccccc2C(=O)N1c1cc[c-]cc1.O=Cc1ccccc1C(=O)Nc1cc[c-]cc1.[W+2].[W+2]. The van der Waals surface area contributed by atoms with Gasteiger partial charge in [-0.15, -0.1) is 48.5 Å². The fourth-order valence-corrected chi connectivity index (χ4v) is 7.79. The van der Waals surface area contributed by atoms with Crippen LogP contribution < -0.4 is 20.0 Å². The second-order valence-electron chi connectivity index (χ2n) is 15.1. The maximum absolute atomic E-state index is 13.1. The monoisotopic (exact) mass is 1260 g/mol. The number of benzene rings is 8. The second-order valence-corrected chi connectivity index (χ2v) is 15.1. The Kier molecular flexibility index (Phi) is 15.4. The van der Waals surface area contributed by atoms with E-state index in [0.29, 0.717) is 84.7 Å². The zero-order chi connectivity index (χ0) is 47.3. The van der Waals surface area contributed by atoms with Crippen molar-refractivity contribution in [1.82, 2.24) is 0 Å². The van der Waals surface area contributed by atoms with E-state index in [1.54, 1.807) is 182 Å². The summed E-state index contributed by atoms with van der Waals surface area (Å²) in [5, 5.41) is 2.72. The first-order valence-corrected chi connectivity index (χ1v) is 20.9. The third-order valence-electron chi connectivity index (χ3n) is 11.1. The molecule has 0 aliphatic carbocycles. The first kappa shape index (κ1) is 49.6. The molecule has 3 aliphatic heterocycles. The Morgan fingerprint density at radius 1 is 0.400 bits per heavy atom. The van der Waals surface area contributed by atoms with Crippen LogP contribution in [0.1, 0.15) is 82.9 Å². The number of hydrogen-bond acceptors (Lipinski definition) is 8. The molecule has 336 valence electrons. The minimum absolute atomic E-state index is 0. The number of carbonyl (C=O) groups is 8. The Morgan fingerprint density at radius 3 is 1.11 bits per heavy atom. The number of fused-ring (bicyclic) bond motifs is 3. The summed E-state index contributed by atoms with van der Waals surface area (Å²) in [5.74, 6) is -2.42. The third-order valence-corrected chi connectivity index (χ3v) is 11.1. The molecule has 12 nitrogen and oxygen atoms in total. The van der Waals surface area contributed by atoms with Crippen LogP contribution in [0.5, 0.6) is 0 Å². The summed E-state index contributed by atoms with van der Waals surface area (Å²) < 4.78 is 0. The van der Waals surface area contributed by atoms with Gasteiger partial charge < -0.3 is 5.32 Å². The van der Waals surface area contributed by atoms with Gasteiger partial charge in [-0.05, 0) is 53.6 Å². The standard InChI is InChI=1S/C28H14N2O4.C14H8NO2.C14H10NO2.2W/c31-25-21-13-11-17(15-23(21)27(33)29(25)19-7-3-1-4-8-19)18-12-14-22-24(16-18)28(34)30(26(22)32)20-9-5-2-6-10-20;16-13-11-8-4-5-9-12(11)14(17)15(13)10-6-2-1-3-7-10;16-10-11-6-4-5-9-13(11)14(17)15-12-7-2-1-3-8-12;;/h3-16H;2-9H;2-10H,(H,15,17);;/q-2;2*-1;2*+2. The Balaban J connectivity index is 0.000000169. The van der Waals surface area contributed by atoms with Gasteiger partial charge in [0.1, 0.15) is 0 Å². The van der Waals surface area contributed by atoms with Crippen LogP contribution in [0.2, 0.25) is 0 Å². The maximum Gasteiger partial charge on any atom is 2.00 e. The van der Waals surface area contributed by atoms with Gasteiger partial charge in [-0.3, -0.25) is 53.1 Å². The van der Waals surface area contributed by atoms with Crippen LogP contribution in [0.15, 0.2) is 182 Å². The van der Waals surface area contributed by atoms with Crippen molar-refractivity contribution in [3.8, 4) is 11.1 Å². The number of carbonyl (C=O) groups excluding carboxylic acids is 8. The van der Waals surface area contributed by atoms with Crippen molar-refractivity contribution in [3.05, 3.63) is 251 Å². The molecule has 0 saturated heterocycles. The zero-order valence-electron chi connectivity index (χ0n) is 36.3. The molecule has 0 aromatic heterocycles. The zero-order valence-corrected chi connectivity index (χ0v) is 42.2. The number of imide groups is 3. The van der Waals surface area contributed by atoms with Crippen LogP contribution in [0, 0.1) is 24.3 Å². The molecule has 0 bridgehead atoms. The van der Waals surface area contributed by atoms with Crippen molar-refractivity contribution in [2.45, 2.75) is 0 Å². The van der Waals surface area contributed by atoms with Crippen LogP contribution in [0.25, 0.3) is 11.1 Å². The Morgan fingerprint density at radius 2 is 0.729 bits per heavy atom. The normalized spacial score (nSPS) is 12.8. The molecular formula is C56H32N4O8W2. The van der Waals surface area contributed by atoms with Gasteiger partial charge in [0.15, 0.2) is 6.29 Å². The van der Waals surface area contributed by atoms with Crippen LogP contribution in [-0.2, 0) is 42.1 Å². The predicted octanol–water partition coefficient (Wildman–Crippen LogP) is 9.39. The summed E-state index contributed by atoms with van der Waals surface area (Å²) in [6.07, 6.45) is 0.674. The summed E-state index contributed by atoms with van der Waals surface area (Å²) in [6.45, 7) is 0. The van der Waals surface area contributed by atoms with E-state index in [-0.39, 0.29) is 71.7 Å². The number of amides is 7. The molecular weight excluding hydrogens is 1220 g/mol. The van der Waals surface area contributed by atoms with Gasteiger partial charge in [0.05, 0.1) is 38.9 Å². The number of nitrogens with one attached hydrogen (secondary N) is 1. The predicted molar refractivity (Wildman–Crippen MR) is 253 cm³/mol. The molecule has 0 fully saturated rings. The molecule has 8 aromatic rings. The first-order chi connectivity index (χ1) is 33.1. The van der Waals surface area contributed by atoms with Crippen molar-refractivity contribution < 1.29 is 80.5 Å². The van der Waals surface area contributed by atoms with Crippen molar-refractivity contribution in [1.29, 1.82) is 0 Å². The molecule has 0 saturated carbocycles. The molecule has 0 atom stereocenters. The molecule has 7 amide bonds. The maximum atomic E-state index is 13.1. The molecule has 1 N–H and O–H groups in total. The molecule has 0 spiro atoms. The largest absolute Gasteiger partial charge is 2.00 e. The molecule has 0 unspecified atom stereocenters. The van der Waals surface area contributed by atoms with Gasteiger partial charge in [-0.1, -0.05) is 65.2 Å². The topological polar surface area (TPSA) is 158 Å². The van der Waals surface area contributed by atoms with E-state index in [2.05, 4.69) is 29.6 Å². The summed E-state index contributed by atoms with van der Waals surface area (Å²) in [4.78, 5) is 102. The van der Waals surface area contributed by atoms with Gasteiger partial charge in [-0.25, -0.2) is 0 Å². The molecule has 0 radical (unpaired) electrons. The minimum atomic E-state index is -0.410. The minimum Gasteiger partial charge on any atom is -0.345 e. The molecule has 8 aromatic carbocycles. The third kappa shape index (κ3) is 9.69. The number of nitrogens with zero attached hydrogens (tertiary/aromatic N) is 3. The van der Waals surface area contributed by atoms with Crippen LogP contribution in [0.3, 0.4) is 0 Å². The van der Waals surface area contributed by atoms with E-state index in [9.17, 15) is 38.4 Å². The van der Waals surface area contributed by atoms with Gasteiger partial charge in [0.2, 0.25) is 0 Å². The van der Waals surface area contributed by atoms with Gasteiger partial charge in [0.25, 0.3) is 41.4 Å². The molecule has 3 aliphatic rings. The Hall–Kier alpha value is -8.30. The van der Waals surface area contributed by atoms with Gasteiger partial charge >= 0.3 is 42.1 Å². The van der Waals surface area contributed by atoms with Gasteiger partial charge in [-0.2, -0.15) is 72.8 Å². The second kappa shape index (κ2) is 21.8. The first-order valence-electron chi connectivity index (χ1n) is 20.9. The van der Waals surface area contributed by atoms with Crippen LogP contribution >= 0.6 is 0 Å². The number of rotatable bonds is 7. The number of hydrogen-bond donors (Lipinski definition) is 1. The van der Waals surface area contributed by atoms with E-state index in [1.807, 2.05) is 0 Å². The summed E-state index contributed by atoms with van der Waals surface area (Å²) in [7, 11) is 0. The number of aldehydes is 1. The molecule has 11 rings (SSSR count). The smallest absolute Gasteiger partial charge is 0.345 e.